The standard InChI is InChI=1S/C21H21ClN4O5/c1-11(27)28-9-16-18-21(2,31-20(30-18)12-3-5-13(22)6-4-12)17(29-16)14-7-8-15-19(23)24-10-25-26(14)15/h3-8,10,16-18,20H,9H2,1-2H3,(H2,23,24,25)/t16-,17+,18-,20?,21+/m1/s1. The number of fused-ring (bicyclic) bond motifs is 2. The number of halogens is 1. The van der Waals surface area contributed by atoms with Crippen molar-refractivity contribution in [3.05, 3.63) is 59.0 Å². The van der Waals surface area contributed by atoms with Crippen molar-refractivity contribution < 1.29 is 23.7 Å². The molecule has 9 nitrogen and oxygen atoms in total. The van der Waals surface area contributed by atoms with E-state index in [1.165, 1.54) is 13.3 Å². The fourth-order valence-electron chi connectivity index (χ4n) is 4.27. The zero-order valence-corrected chi connectivity index (χ0v) is 17.7. The van der Waals surface area contributed by atoms with Gasteiger partial charge in [-0.1, -0.05) is 23.7 Å². The molecule has 1 unspecified atom stereocenters. The Kier molecular flexibility index (Phi) is 4.86. The number of nitrogens with two attached hydrogens (primary N) is 1. The summed E-state index contributed by atoms with van der Waals surface area (Å²) < 4.78 is 25.9. The topological polar surface area (TPSA) is 110 Å². The smallest absolute Gasteiger partial charge is 0.302 e. The van der Waals surface area contributed by atoms with Gasteiger partial charge >= 0.3 is 5.97 Å². The van der Waals surface area contributed by atoms with Crippen LogP contribution in [0.5, 0.6) is 0 Å². The number of nitrogen functional groups attached to an aromatic ring is 1. The molecule has 2 aliphatic rings. The van der Waals surface area contributed by atoms with Gasteiger partial charge < -0.3 is 24.7 Å². The van der Waals surface area contributed by atoms with Crippen LogP contribution in [0.2, 0.25) is 5.02 Å². The highest BCUT2D eigenvalue weighted by Crippen LogP contribution is 2.53. The fourth-order valence-corrected chi connectivity index (χ4v) is 4.40. The van der Waals surface area contributed by atoms with E-state index in [0.29, 0.717) is 16.4 Å². The Balaban J connectivity index is 1.53. The minimum Gasteiger partial charge on any atom is -0.463 e. The van der Waals surface area contributed by atoms with E-state index in [1.54, 1.807) is 16.6 Å². The lowest BCUT2D eigenvalue weighted by atomic mass is 9.91. The fraction of sp³-hybridized carbons (Fsp3) is 0.381. The van der Waals surface area contributed by atoms with Crippen LogP contribution in [0.1, 0.15) is 37.5 Å². The number of carbonyl (C=O) groups is 1. The molecule has 2 fully saturated rings. The molecule has 10 heteroatoms. The third-order valence-corrected chi connectivity index (χ3v) is 5.99. The van der Waals surface area contributed by atoms with E-state index in [2.05, 4.69) is 10.1 Å². The van der Waals surface area contributed by atoms with Crippen molar-refractivity contribution >= 4 is 28.9 Å². The van der Waals surface area contributed by atoms with Gasteiger partial charge in [0, 0.05) is 17.5 Å². The van der Waals surface area contributed by atoms with Crippen molar-refractivity contribution in [2.45, 2.75) is 44.1 Å². The molecule has 5 atom stereocenters. The third kappa shape index (κ3) is 3.34. The average molecular weight is 445 g/mol. The van der Waals surface area contributed by atoms with Gasteiger partial charge in [-0.3, -0.25) is 4.79 Å². The van der Waals surface area contributed by atoms with E-state index in [-0.39, 0.29) is 6.61 Å². The molecule has 2 N–H and O–H groups in total. The van der Waals surface area contributed by atoms with Crippen molar-refractivity contribution in [2.75, 3.05) is 12.3 Å². The summed E-state index contributed by atoms with van der Waals surface area (Å²) >= 11 is 6.02. The third-order valence-electron chi connectivity index (χ3n) is 5.74. The normalized spacial score (nSPS) is 29.9. The molecule has 2 aromatic heterocycles. The second-order valence-corrected chi connectivity index (χ2v) is 8.24. The molecule has 1 aromatic carbocycles. The van der Waals surface area contributed by atoms with Crippen LogP contribution in [0, 0.1) is 0 Å². The summed E-state index contributed by atoms with van der Waals surface area (Å²) in [7, 11) is 0. The highest BCUT2D eigenvalue weighted by molar-refractivity contribution is 6.30. The Morgan fingerprint density at radius 2 is 2.03 bits per heavy atom. The number of hydrogen-bond acceptors (Lipinski definition) is 8. The SMILES string of the molecule is CC(=O)OC[C@H]1O[C@@H](c2ccc3c(N)ncnn23)[C@]2(C)OC(c3ccc(Cl)cc3)O[C@H]12. The van der Waals surface area contributed by atoms with E-state index < -0.39 is 36.2 Å². The number of rotatable bonds is 4. The van der Waals surface area contributed by atoms with Gasteiger partial charge in [0.1, 0.15) is 42.4 Å². The lowest BCUT2D eigenvalue weighted by molar-refractivity contribution is -0.166. The maximum Gasteiger partial charge on any atom is 0.302 e. The Morgan fingerprint density at radius 3 is 2.77 bits per heavy atom. The Bertz CT molecular complexity index is 1140. The zero-order chi connectivity index (χ0) is 21.8. The highest BCUT2D eigenvalue weighted by Gasteiger charge is 2.62. The monoisotopic (exact) mass is 444 g/mol. The molecular weight excluding hydrogens is 424 g/mol. The van der Waals surface area contributed by atoms with Gasteiger partial charge in [-0.2, -0.15) is 5.10 Å². The first-order chi connectivity index (χ1) is 14.9. The molecule has 0 spiro atoms. The van der Waals surface area contributed by atoms with Crippen molar-refractivity contribution in [3.8, 4) is 0 Å². The van der Waals surface area contributed by atoms with Crippen LogP contribution in [0.15, 0.2) is 42.7 Å². The van der Waals surface area contributed by atoms with Crippen LogP contribution < -0.4 is 5.73 Å². The Morgan fingerprint density at radius 1 is 1.26 bits per heavy atom. The van der Waals surface area contributed by atoms with Gasteiger partial charge in [-0.15, -0.1) is 0 Å². The summed E-state index contributed by atoms with van der Waals surface area (Å²) in [5.41, 5.74) is 7.35. The lowest BCUT2D eigenvalue weighted by Crippen LogP contribution is -2.41. The Labute approximate surface area is 183 Å². The molecule has 0 bridgehead atoms. The van der Waals surface area contributed by atoms with Gasteiger partial charge in [0.2, 0.25) is 0 Å². The van der Waals surface area contributed by atoms with Crippen molar-refractivity contribution in [1.82, 2.24) is 14.6 Å². The predicted octanol–water partition coefficient (Wildman–Crippen LogP) is 2.84. The predicted molar refractivity (Wildman–Crippen MR) is 110 cm³/mol. The number of aromatic nitrogens is 3. The second-order valence-electron chi connectivity index (χ2n) is 7.80. The van der Waals surface area contributed by atoms with Crippen molar-refractivity contribution in [1.29, 1.82) is 0 Å². The van der Waals surface area contributed by atoms with Gasteiger partial charge in [0.15, 0.2) is 12.1 Å². The number of esters is 1. The number of carbonyl (C=O) groups excluding carboxylic acids is 1. The number of hydrogen-bond donors (Lipinski definition) is 1. The summed E-state index contributed by atoms with van der Waals surface area (Å²) in [4.78, 5) is 15.4. The van der Waals surface area contributed by atoms with E-state index in [1.807, 2.05) is 31.2 Å². The van der Waals surface area contributed by atoms with Gasteiger partial charge in [-0.05, 0) is 31.2 Å². The summed E-state index contributed by atoms with van der Waals surface area (Å²) in [6, 6.07) is 11.0. The number of ether oxygens (including phenoxy) is 4. The second kappa shape index (κ2) is 7.45. The molecule has 0 aliphatic carbocycles. The molecule has 0 amide bonds. The first-order valence-electron chi connectivity index (χ1n) is 9.82. The number of nitrogens with zero attached hydrogens (tertiary/aromatic N) is 3. The van der Waals surface area contributed by atoms with Crippen LogP contribution in [0.4, 0.5) is 5.82 Å². The number of benzene rings is 1. The molecule has 0 saturated carbocycles. The summed E-state index contributed by atoms with van der Waals surface area (Å²) in [6.45, 7) is 3.33. The van der Waals surface area contributed by atoms with E-state index >= 15 is 0 Å². The molecule has 4 heterocycles. The molecular formula is C21H21ClN4O5. The summed E-state index contributed by atoms with van der Waals surface area (Å²) in [5, 5.41) is 4.95. The molecule has 162 valence electrons. The van der Waals surface area contributed by atoms with Gasteiger partial charge in [0.25, 0.3) is 0 Å². The summed E-state index contributed by atoms with van der Waals surface area (Å²) in [5.74, 6) is -0.0318. The van der Waals surface area contributed by atoms with Gasteiger partial charge in [0.05, 0.1) is 5.69 Å². The highest BCUT2D eigenvalue weighted by atomic mass is 35.5. The van der Waals surface area contributed by atoms with Crippen LogP contribution in [-0.4, -0.2) is 45.0 Å². The zero-order valence-electron chi connectivity index (χ0n) is 16.9. The van der Waals surface area contributed by atoms with Crippen molar-refractivity contribution in [2.24, 2.45) is 0 Å². The van der Waals surface area contributed by atoms with E-state index in [9.17, 15) is 4.79 Å². The van der Waals surface area contributed by atoms with E-state index in [0.717, 1.165) is 11.3 Å². The van der Waals surface area contributed by atoms with Crippen molar-refractivity contribution in [3.63, 3.8) is 0 Å². The number of anilines is 1. The van der Waals surface area contributed by atoms with Crippen LogP contribution in [0.3, 0.4) is 0 Å². The largest absolute Gasteiger partial charge is 0.463 e. The molecule has 31 heavy (non-hydrogen) atoms. The average Bonchev–Trinajstić information content (AvgIpc) is 3.38. The van der Waals surface area contributed by atoms with Gasteiger partial charge in [-0.25, -0.2) is 9.50 Å². The first kappa shape index (κ1) is 20.2. The minimum atomic E-state index is -0.872. The maximum absolute atomic E-state index is 11.4. The lowest BCUT2D eigenvalue weighted by Gasteiger charge is -2.27. The molecule has 2 aliphatic heterocycles. The van der Waals surface area contributed by atoms with E-state index in [4.69, 9.17) is 36.3 Å². The Hall–Kier alpha value is -2.72. The summed E-state index contributed by atoms with van der Waals surface area (Å²) in [6.07, 6.45) is -0.792. The molecule has 0 radical (unpaired) electrons. The van der Waals surface area contributed by atoms with Crippen LogP contribution in [-0.2, 0) is 23.7 Å². The molecule has 2 saturated heterocycles. The van der Waals surface area contributed by atoms with Crippen LogP contribution in [0.25, 0.3) is 5.52 Å². The maximum atomic E-state index is 11.4. The van der Waals surface area contributed by atoms with Crippen LogP contribution >= 0.6 is 11.6 Å². The quantitative estimate of drug-likeness (QED) is 0.611. The minimum absolute atomic E-state index is 0.0449. The molecule has 5 rings (SSSR count). The molecule has 3 aromatic rings. The first-order valence-corrected chi connectivity index (χ1v) is 10.2.